The monoisotopic (exact) mass is 177 g/mol. The first-order valence-electron chi connectivity index (χ1n) is 0.756. The van der Waals surface area contributed by atoms with E-state index in [4.69, 9.17) is 0 Å². The Kier molecular flexibility index (Phi) is 14.0. The summed E-state index contributed by atoms with van der Waals surface area (Å²) in [6.45, 7) is 0. The Morgan fingerprint density at radius 1 is 0.857 bits per heavy atom. The van der Waals surface area contributed by atoms with Gasteiger partial charge < -0.3 is 0 Å². The van der Waals surface area contributed by atoms with Gasteiger partial charge in [-0.1, -0.05) is 0 Å². The molecule has 0 aliphatic carbocycles. The van der Waals surface area contributed by atoms with Gasteiger partial charge >= 0.3 is 9.41 Å². The first kappa shape index (κ1) is 16.0. The van der Waals surface area contributed by atoms with Gasteiger partial charge in [0.1, 0.15) is 0 Å². The van der Waals surface area contributed by atoms with Crippen molar-refractivity contribution in [3.05, 3.63) is 0 Å². The topological polar surface area (TPSA) is 0 Å². The van der Waals surface area contributed by atoms with Crippen LogP contribution in [0, 0.1) is 0 Å². The molecule has 0 bridgehead atoms. The summed E-state index contributed by atoms with van der Waals surface area (Å²) in [5, 5.41) is 0. The summed E-state index contributed by atoms with van der Waals surface area (Å²) in [5.74, 6) is 0. The molecule has 1 unspecified atom stereocenters. The maximum Gasteiger partial charge on any atom is 0.844 e. The van der Waals surface area contributed by atoms with E-state index in [1.165, 1.54) is 0 Å². The second kappa shape index (κ2) is 6.13. The third-order valence-electron chi connectivity index (χ3n) is 0. The molecular weight excluding hydrogens is 174 g/mol. The average Bonchev–Trinajstić information content (AvgIpc) is 0.722. The summed E-state index contributed by atoms with van der Waals surface area (Å²) in [4.78, 5) is 0. The van der Waals surface area contributed by atoms with Crippen LogP contribution in [0.4, 0.5) is 16.4 Å². The Labute approximate surface area is 85.8 Å². The molecule has 0 rings (SSSR count). The maximum absolute atomic E-state index is 9.83. The Bertz CT molecular complexity index is 27.2. The molecule has 1 radical (unpaired) electrons. The molecule has 0 N–H and O–H groups in total. The van der Waals surface area contributed by atoms with E-state index in [1.54, 1.807) is 0 Å². The molecule has 0 aromatic heterocycles. The van der Waals surface area contributed by atoms with Gasteiger partial charge in [0.05, 0.1) is 0 Å². The fourth-order valence-electron chi connectivity index (χ4n) is 0. The van der Waals surface area contributed by atoms with Crippen molar-refractivity contribution in [1.29, 1.82) is 0 Å². The van der Waals surface area contributed by atoms with Gasteiger partial charge in [0.25, 0.3) is 0 Å². The summed E-state index contributed by atoms with van der Waals surface area (Å²) in [6.07, 6.45) is 0. The molecule has 0 heterocycles. The molecule has 0 nitrogen and oxygen atoms in total. The third kappa shape index (κ3) is 71.9. The van der Waals surface area contributed by atoms with E-state index in [0.29, 0.717) is 0 Å². The van der Waals surface area contributed by atoms with Gasteiger partial charge in [0.2, 0.25) is 0 Å². The molecular formula is H3F4KPSi. The third-order valence-corrected chi connectivity index (χ3v) is 0. The van der Waals surface area contributed by atoms with Gasteiger partial charge in [-0.15, -0.1) is 0 Å². The van der Waals surface area contributed by atoms with Crippen molar-refractivity contribution in [3.63, 3.8) is 0 Å². The van der Waals surface area contributed by atoms with Crippen LogP contribution in [0.25, 0.3) is 0 Å². The van der Waals surface area contributed by atoms with Gasteiger partial charge in [0, 0.05) is 51.4 Å². The van der Waals surface area contributed by atoms with E-state index in [9.17, 15) is 16.4 Å². The van der Waals surface area contributed by atoms with E-state index in [-0.39, 0.29) is 61.3 Å². The molecule has 0 spiro atoms. The number of halogens is 4. The molecule has 1 atom stereocenters. The van der Waals surface area contributed by atoms with Crippen LogP contribution >= 0.6 is 9.90 Å². The SMILES string of the molecule is F[Si](F)(F)F.P.[K]. The minimum absolute atomic E-state index is 0. The fraction of sp³-hybridized carbons (Fsp3) is 0. The minimum atomic E-state index is -6.61. The molecule has 0 aliphatic heterocycles. The smallest absolute Gasteiger partial charge is 0.211 e. The van der Waals surface area contributed by atoms with Crippen molar-refractivity contribution in [2.45, 2.75) is 0 Å². The predicted molar refractivity (Wildman–Crippen MR) is 27.0 cm³/mol. The fourth-order valence-corrected chi connectivity index (χ4v) is 0. The summed E-state index contributed by atoms with van der Waals surface area (Å²) in [7, 11) is -6.61. The van der Waals surface area contributed by atoms with Crippen molar-refractivity contribution in [2.75, 3.05) is 0 Å². The van der Waals surface area contributed by atoms with Gasteiger partial charge in [-0.05, 0) is 0 Å². The normalized spacial score (nSPS) is 8.57. The van der Waals surface area contributed by atoms with Gasteiger partial charge in [0.15, 0.2) is 0 Å². The Hall–Kier alpha value is 2.00. The predicted octanol–water partition coefficient (Wildman–Crippen LogP) is 0.977. The molecule has 0 saturated carbocycles. The molecule has 7 heavy (non-hydrogen) atoms. The van der Waals surface area contributed by atoms with Gasteiger partial charge in [-0.25, -0.2) is 16.4 Å². The van der Waals surface area contributed by atoms with Crippen molar-refractivity contribution >= 4 is 70.7 Å². The van der Waals surface area contributed by atoms with Crippen LogP contribution in [0.5, 0.6) is 0 Å². The summed E-state index contributed by atoms with van der Waals surface area (Å²) >= 11 is 0. The number of hydrogen-bond acceptors (Lipinski definition) is 0. The summed E-state index contributed by atoms with van der Waals surface area (Å²) in [5.41, 5.74) is 0. The molecule has 0 aromatic rings. The summed E-state index contributed by atoms with van der Waals surface area (Å²) in [6, 6.07) is 0. The molecule has 0 fully saturated rings. The van der Waals surface area contributed by atoms with Crippen LogP contribution in [0.3, 0.4) is 0 Å². The molecule has 41 valence electrons. The number of rotatable bonds is 0. The zero-order valence-electron chi connectivity index (χ0n) is 3.72. The Morgan fingerprint density at radius 3 is 0.857 bits per heavy atom. The Morgan fingerprint density at radius 2 is 0.857 bits per heavy atom. The van der Waals surface area contributed by atoms with Crippen molar-refractivity contribution < 1.29 is 16.4 Å². The van der Waals surface area contributed by atoms with Crippen LogP contribution in [-0.2, 0) is 0 Å². The summed E-state index contributed by atoms with van der Waals surface area (Å²) < 4.78 is 39.3. The van der Waals surface area contributed by atoms with E-state index in [2.05, 4.69) is 0 Å². The quantitative estimate of drug-likeness (QED) is 0.224. The standard InChI is InChI=1S/F4Si.K.H3P/c1-5(2,3)4;;/h;;1H3. The van der Waals surface area contributed by atoms with Crippen molar-refractivity contribution in [1.82, 2.24) is 0 Å². The van der Waals surface area contributed by atoms with E-state index in [0.717, 1.165) is 0 Å². The van der Waals surface area contributed by atoms with Crippen LogP contribution in [0.1, 0.15) is 0 Å². The first-order chi connectivity index (χ1) is 2.00. The van der Waals surface area contributed by atoms with E-state index in [1.807, 2.05) is 0 Å². The first-order valence-corrected chi connectivity index (χ1v) is 2.27. The zero-order chi connectivity index (χ0) is 4.50. The van der Waals surface area contributed by atoms with Gasteiger partial charge in [-0.3, -0.25) is 0 Å². The zero-order valence-corrected chi connectivity index (χ0v) is 9.26. The molecule has 0 aromatic carbocycles. The largest absolute Gasteiger partial charge is 0.844 e. The minimum Gasteiger partial charge on any atom is -0.211 e. The Balaban J connectivity index is -0.0000000800. The second-order valence-corrected chi connectivity index (χ2v) is 1.29. The van der Waals surface area contributed by atoms with Crippen LogP contribution in [-0.4, -0.2) is 60.8 Å². The maximum atomic E-state index is 9.83. The van der Waals surface area contributed by atoms with Crippen molar-refractivity contribution in [3.8, 4) is 0 Å². The number of hydrogen-bond donors (Lipinski definition) is 0. The molecule has 0 saturated heterocycles. The average molecular weight is 177 g/mol. The van der Waals surface area contributed by atoms with E-state index >= 15 is 0 Å². The van der Waals surface area contributed by atoms with Crippen LogP contribution in [0.2, 0.25) is 0 Å². The van der Waals surface area contributed by atoms with Crippen LogP contribution < -0.4 is 0 Å². The van der Waals surface area contributed by atoms with E-state index < -0.39 is 9.41 Å². The van der Waals surface area contributed by atoms with Gasteiger partial charge in [-0.2, -0.15) is 9.90 Å². The van der Waals surface area contributed by atoms with Crippen LogP contribution in [0.15, 0.2) is 0 Å². The molecule has 0 amide bonds. The van der Waals surface area contributed by atoms with Crippen molar-refractivity contribution in [2.24, 2.45) is 0 Å². The second-order valence-electron chi connectivity index (χ2n) is 0.429. The molecule has 7 heteroatoms. The molecule has 0 aliphatic rings.